The highest BCUT2D eigenvalue weighted by Crippen LogP contribution is 2.19. The minimum atomic E-state index is -0.661. The van der Waals surface area contributed by atoms with Crippen molar-refractivity contribution in [1.29, 1.82) is 0 Å². The van der Waals surface area contributed by atoms with Crippen molar-refractivity contribution in [2.45, 2.75) is 12.8 Å². The molecule has 8 nitrogen and oxygen atoms in total. The maximum atomic E-state index is 12.5. The zero-order valence-corrected chi connectivity index (χ0v) is 16.5. The lowest BCUT2D eigenvalue weighted by atomic mass is 10.1. The number of nitrogens with zero attached hydrogens (tertiary/aromatic N) is 1. The molecule has 0 unspecified atom stereocenters. The number of hydrogen-bond donors (Lipinski definition) is 1. The highest BCUT2D eigenvalue weighted by molar-refractivity contribution is 6.00. The third-order valence-electron chi connectivity index (χ3n) is 4.49. The molecule has 0 radical (unpaired) electrons. The van der Waals surface area contributed by atoms with Gasteiger partial charge in [0.25, 0.3) is 0 Å². The van der Waals surface area contributed by atoms with Crippen LogP contribution >= 0.6 is 0 Å². The van der Waals surface area contributed by atoms with Crippen LogP contribution in [-0.4, -0.2) is 42.5 Å². The maximum absolute atomic E-state index is 12.5. The number of aromatic nitrogens is 1. The summed E-state index contributed by atoms with van der Waals surface area (Å²) in [6.45, 7) is 0. The lowest BCUT2D eigenvalue weighted by Gasteiger charge is -2.10. The van der Waals surface area contributed by atoms with Crippen LogP contribution in [0.5, 0.6) is 0 Å². The Kier molecular flexibility index (Phi) is 6.26. The molecule has 3 aromatic rings. The largest absolute Gasteiger partial charge is 0.465 e. The van der Waals surface area contributed by atoms with Gasteiger partial charge in [-0.3, -0.25) is 14.2 Å². The minimum absolute atomic E-state index is 0.00887. The second-order valence-electron chi connectivity index (χ2n) is 6.47. The second-order valence-corrected chi connectivity index (χ2v) is 6.47. The highest BCUT2D eigenvalue weighted by atomic mass is 16.5. The smallest absolute Gasteiger partial charge is 0.337 e. The Labute approximate surface area is 172 Å². The van der Waals surface area contributed by atoms with Crippen LogP contribution in [0.2, 0.25) is 0 Å². The fourth-order valence-electron chi connectivity index (χ4n) is 3.04. The van der Waals surface area contributed by atoms with Crippen molar-refractivity contribution in [2.75, 3.05) is 19.5 Å². The Morgan fingerprint density at radius 3 is 2.13 bits per heavy atom. The molecule has 8 heteroatoms. The summed E-state index contributed by atoms with van der Waals surface area (Å²) in [6, 6.07) is 13.4. The van der Waals surface area contributed by atoms with Crippen molar-refractivity contribution < 1.29 is 28.7 Å². The second kappa shape index (κ2) is 9.04. The van der Waals surface area contributed by atoms with Crippen molar-refractivity contribution in [3.63, 3.8) is 0 Å². The van der Waals surface area contributed by atoms with E-state index in [0.29, 0.717) is 0 Å². The monoisotopic (exact) mass is 408 g/mol. The van der Waals surface area contributed by atoms with E-state index in [9.17, 15) is 19.2 Å². The fourth-order valence-corrected chi connectivity index (χ4v) is 3.04. The predicted octanol–water partition coefficient (Wildman–Crippen LogP) is 3.27. The van der Waals surface area contributed by atoms with Crippen LogP contribution in [0.1, 0.15) is 38.4 Å². The van der Waals surface area contributed by atoms with Gasteiger partial charge in [-0.1, -0.05) is 18.2 Å². The lowest BCUT2D eigenvalue weighted by Crippen LogP contribution is -2.17. The molecular weight excluding hydrogens is 388 g/mol. The molecule has 0 saturated carbocycles. The molecule has 1 N–H and O–H groups in total. The van der Waals surface area contributed by atoms with Gasteiger partial charge in [0.05, 0.1) is 30.9 Å². The summed E-state index contributed by atoms with van der Waals surface area (Å²) in [4.78, 5) is 48.5. The summed E-state index contributed by atoms with van der Waals surface area (Å²) in [5, 5.41) is 3.54. The van der Waals surface area contributed by atoms with E-state index in [2.05, 4.69) is 14.8 Å². The molecular formula is C22H20N2O6. The SMILES string of the molecule is COC(=O)c1cc(NC(=O)CCC(=O)n2ccc3ccccc32)cc(C(=O)OC)c1. The number of para-hydroxylation sites is 1. The van der Waals surface area contributed by atoms with Gasteiger partial charge < -0.3 is 14.8 Å². The van der Waals surface area contributed by atoms with Gasteiger partial charge >= 0.3 is 11.9 Å². The molecule has 0 spiro atoms. The Bertz CT molecular complexity index is 1100. The number of carbonyl (C=O) groups is 4. The van der Waals surface area contributed by atoms with Crippen molar-refractivity contribution in [3.05, 3.63) is 65.9 Å². The van der Waals surface area contributed by atoms with Crippen LogP contribution in [-0.2, 0) is 14.3 Å². The van der Waals surface area contributed by atoms with Crippen LogP contribution in [0.4, 0.5) is 5.69 Å². The van der Waals surface area contributed by atoms with Gasteiger partial charge in [-0.2, -0.15) is 0 Å². The average molecular weight is 408 g/mol. The number of esters is 2. The molecule has 0 fully saturated rings. The number of hydrogen-bond acceptors (Lipinski definition) is 6. The molecule has 0 aliphatic heterocycles. The average Bonchev–Trinajstić information content (AvgIpc) is 3.20. The molecule has 30 heavy (non-hydrogen) atoms. The molecule has 1 heterocycles. The topological polar surface area (TPSA) is 104 Å². The molecule has 0 saturated heterocycles. The molecule has 1 aromatic heterocycles. The van der Waals surface area contributed by atoms with Gasteiger partial charge in [-0.15, -0.1) is 0 Å². The number of amides is 1. The van der Waals surface area contributed by atoms with Crippen molar-refractivity contribution in [1.82, 2.24) is 4.57 Å². The third-order valence-corrected chi connectivity index (χ3v) is 4.49. The van der Waals surface area contributed by atoms with Crippen LogP contribution < -0.4 is 5.32 Å². The number of fused-ring (bicyclic) bond motifs is 1. The summed E-state index contributed by atoms with van der Waals surface area (Å²) >= 11 is 0. The molecule has 1 amide bonds. The van der Waals surface area contributed by atoms with E-state index in [1.165, 1.54) is 37.0 Å². The zero-order valence-electron chi connectivity index (χ0n) is 16.5. The standard InChI is InChI=1S/C22H20N2O6/c1-29-21(27)15-11-16(22(28)30-2)13-17(12-15)23-19(25)7-8-20(26)24-10-9-14-5-3-4-6-18(14)24/h3-6,9-13H,7-8H2,1-2H3,(H,23,25). The van der Waals surface area contributed by atoms with E-state index < -0.39 is 17.8 Å². The van der Waals surface area contributed by atoms with Crippen LogP contribution in [0.3, 0.4) is 0 Å². The quantitative estimate of drug-likeness (QED) is 0.628. The number of anilines is 1. The first kappa shape index (κ1) is 20.8. The van der Waals surface area contributed by atoms with E-state index in [1.807, 2.05) is 30.3 Å². The van der Waals surface area contributed by atoms with E-state index in [1.54, 1.807) is 6.20 Å². The summed E-state index contributed by atoms with van der Waals surface area (Å²) < 4.78 is 10.8. The summed E-state index contributed by atoms with van der Waals surface area (Å²) in [5.41, 5.74) is 1.18. The Hall–Kier alpha value is -3.94. The van der Waals surface area contributed by atoms with Gasteiger partial charge in [0.2, 0.25) is 11.8 Å². The van der Waals surface area contributed by atoms with E-state index in [0.717, 1.165) is 10.9 Å². The number of ether oxygens (including phenoxy) is 2. The lowest BCUT2D eigenvalue weighted by molar-refractivity contribution is -0.116. The minimum Gasteiger partial charge on any atom is -0.465 e. The molecule has 154 valence electrons. The molecule has 0 atom stereocenters. The summed E-state index contributed by atoms with van der Waals surface area (Å²) in [7, 11) is 2.42. The van der Waals surface area contributed by atoms with Crippen molar-refractivity contribution in [2.24, 2.45) is 0 Å². The van der Waals surface area contributed by atoms with E-state index in [-0.39, 0.29) is 35.6 Å². The first-order chi connectivity index (χ1) is 14.4. The van der Waals surface area contributed by atoms with Gasteiger partial charge in [-0.05, 0) is 30.3 Å². The number of rotatable bonds is 6. The van der Waals surface area contributed by atoms with Gasteiger partial charge in [0, 0.05) is 30.1 Å². The summed E-state index contributed by atoms with van der Waals surface area (Å²) in [6.07, 6.45) is 1.60. The predicted molar refractivity (Wildman–Crippen MR) is 110 cm³/mol. The van der Waals surface area contributed by atoms with Crippen LogP contribution in [0.15, 0.2) is 54.7 Å². The maximum Gasteiger partial charge on any atom is 0.337 e. The molecule has 3 rings (SSSR count). The first-order valence-electron chi connectivity index (χ1n) is 9.14. The molecule has 0 aliphatic rings. The normalized spacial score (nSPS) is 10.5. The van der Waals surface area contributed by atoms with Crippen molar-refractivity contribution in [3.8, 4) is 0 Å². The van der Waals surface area contributed by atoms with Crippen molar-refractivity contribution >= 4 is 40.3 Å². The fraction of sp³-hybridized carbons (Fsp3) is 0.182. The Balaban J connectivity index is 1.70. The van der Waals surface area contributed by atoms with Gasteiger partial charge in [0.1, 0.15) is 0 Å². The number of methoxy groups -OCH3 is 2. The number of carbonyl (C=O) groups excluding carboxylic acids is 4. The first-order valence-corrected chi connectivity index (χ1v) is 9.14. The van der Waals surface area contributed by atoms with Crippen LogP contribution in [0, 0.1) is 0 Å². The Morgan fingerprint density at radius 2 is 1.50 bits per heavy atom. The van der Waals surface area contributed by atoms with Crippen LogP contribution in [0.25, 0.3) is 10.9 Å². The number of nitrogens with one attached hydrogen (secondary N) is 1. The zero-order chi connectivity index (χ0) is 21.7. The van der Waals surface area contributed by atoms with Gasteiger partial charge in [0.15, 0.2) is 0 Å². The molecule has 0 bridgehead atoms. The molecule has 2 aromatic carbocycles. The number of benzene rings is 2. The van der Waals surface area contributed by atoms with Gasteiger partial charge in [-0.25, -0.2) is 9.59 Å². The summed E-state index contributed by atoms with van der Waals surface area (Å²) in [5.74, 6) is -1.97. The van der Waals surface area contributed by atoms with E-state index >= 15 is 0 Å². The Morgan fingerprint density at radius 1 is 0.867 bits per heavy atom. The van der Waals surface area contributed by atoms with E-state index in [4.69, 9.17) is 0 Å². The highest BCUT2D eigenvalue weighted by Gasteiger charge is 2.16. The molecule has 0 aliphatic carbocycles. The third kappa shape index (κ3) is 4.54.